The van der Waals surface area contributed by atoms with Crippen LogP contribution in [0.4, 0.5) is 11.5 Å². The monoisotopic (exact) mass is 382 g/mol. The first kappa shape index (κ1) is 18.7. The van der Waals surface area contributed by atoms with Crippen LogP contribution in [0.25, 0.3) is 0 Å². The molecule has 0 saturated heterocycles. The number of benzene rings is 2. The van der Waals surface area contributed by atoms with Crippen molar-refractivity contribution in [3.05, 3.63) is 76.7 Å². The Hall–Kier alpha value is -3.12. The smallest absolute Gasteiger partial charge is 0.270 e. The molecule has 2 aromatic carbocycles. The average Bonchev–Trinajstić information content (AvgIpc) is 2.68. The highest BCUT2D eigenvalue weighted by Gasteiger charge is 2.10. The second-order valence-electron chi connectivity index (χ2n) is 5.93. The molecule has 0 saturated carbocycles. The van der Waals surface area contributed by atoms with Crippen LogP contribution in [0.5, 0.6) is 5.75 Å². The second-order valence-corrected chi connectivity index (χ2v) is 6.36. The molecule has 1 amide bonds. The maximum Gasteiger partial charge on any atom is 0.270 e. The Kier molecular flexibility index (Phi) is 5.88. The van der Waals surface area contributed by atoms with Gasteiger partial charge in [-0.05, 0) is 30.7 Å². The lowest BCUT2D eigenvalue weighted by Gasteiger charge is -2.11. The first-order chi connectivity index (χ1) is 13.0. The van der Waals surface area contributed by atoms with Crippen molar-refractivity contribution >= 4 is 29.0 Å². The molecule has 0 spiro atoms. The third kappa shape index (κ3) is 4.95. The predicted molar refractivity (Wildman–Crippen MR) is 106 cm³/mol. The Bertz CT molecular complexity index is 945. The third-order valence-corrected chi connectivity index (χ3v) is 4.13. The third-order valence-electron chi connectivity index (χ3n) is 3.90. The number of aromatic nitrogens is 2. The standard InChI is InChI=1S/C20H19ClN4O2/c1-13-3-5-14(6-4-13)11-22-20(26)17-10-19(24-12-23-17)25-16-9-15(21)7-8-18(16)27-2/h3-10,12H,11H2,1-2H3,(H,22,26)(H,23,24,25). The van der Waals surface area contributed by atoms with Gasteiger partial charge in [-0.15, -0.1) is 0 Å². The Balaban J connectivity index is 1.70. The fraction of sp³-hybridized carbons (Fsp3) is 0.150. The number of nitrogens with zero attached hydrogens (tertiary/aromatic N) is 2. The van der Waals surface area contributed by atoms with Crippen LogP contribution >= 0.6 is 11.6 Å². The molecule has 1 aromatic heterocycles. The maximum atomic E-state index is 12.4. The zero-order chi connectivity index (χ0) is 19.2. The van der Waals surface area contributed by atoms with E-state index in [0.717, 1.165) is 5.56 Å². The second kappa shape index (κ2) is 8.51. The van der Waals surface area contributed by atoms with Crippen molar-refractivity contribution in [3.63, 3.8) is 0 Å². The lowest BCUT2D eigenvalue weighted by Crippen LogP contribution is -2.24. The molecule has 0 aliphatic rings. The van der Waals surface area contributed by atoms with E-state index in [0.29, 0.717) is 28.8 Å². The summed E-state index contributed by atoms with van der Waals surface area (Å²) in [4.78, 5) is 20.6. The minimum atomic E-state index is -0.279. The highest BCUT2D eigenvalue weighted by atomic mass is 35.5. The molecule has 0 radical (unpaired) electrons. The minimum Gasteiger partial charge on any atom is -0.495 e. The van der Waals surface area contributed by atoms with Gasteiger partial charge in [0.25, 0.3) is 5.91 Å². The summed E-state index contributed by atoms with van der Waals surface area (Å²) < 4.78 is 5.30. The Morgan fingerprint density at radius 1 is 1.11 bits per heavy atom. The van der Waals surface area contributed by atoms with Gasteiger partial charge in [-0.1, -0.05) is 41.4 Å². The number of halogens is 1. The number of amides is 1. The van der Waals surface area contributed by atoms with Crippen LogP contribution in [0, 0.1) is 6.92 Å². The molecule has 0 aliphatic carbocycles. The van der Waals surface area contributed by atoms with Crippen LogP contribution in [-0.2, 0) is 6.54 Å². The first-order valence-corrected chi connectivity index (χ1v) is 8.69. The lowest BCUT2D eigenvalue weighted by molar-refractivity contribution is 0.0946. The Labute approximate surface area is 162 Å². The molecule has 7 heteroatoms. The number of ether oxygens (including phenoxy) is 1. The van der Waals surface area contributed by atoms with Gasteiger partial charge < -0.3 is 15.4 Å². The average molecular weight is 383 g/mol. The summed E-state index contributed by atoms with van der Waals surface area (Å²) in [6.07, 6.45) is 1.33. The quantitative estimate of drug-likeness (QED) is 0.670. The number of rotatable bonds is 6. The van der Waals surface area contributed by atoms with Gasteiger partial charge in [-0.25, -0.2) is 9.97 Å². The van der Waals surface area contributed by atoms with Crippen molar-refractivity contribution in [2.45, 2.75) is 13.5 Å². The van der Waals surface area contributed by atoms with Crippen LogP contribution in [0.15, 0.2) is 54.9 Å². The van der Waals surface area contributed by atoms with Crippen molar-refractivity contribution in [1.29, 1.82) is 0 Å². The number of aryl methyl sites for hydroxylation is 1. The number of hydrogen-bond donors (Lipinski definition) is 2. The normalized spacial score (nSPS) is 10.3. The largest absolute Gasteiger partial charge is 0.495 e. The molecule has 0 atom stereocenters. The summed E-state index contributed by atoms with van der Waals surface area (Å²) in [6.45, 7) is 2.45. The summed E-state index contributed by atoms with van der Waals surface area (Å²) in [5, 5.41) is 6.51. The van der Waals surface area contributed by atoms with Crippen LogP contribution in [-0.4, -0.2) is 23.0 Å². The van der Waals surface area contributed by atoms with E-state index < -0.39 is 0 Å². The van der Waals surface area contributed by atoms with Crippen molar-refractivity contribution in [2.75, 3.05) is 12.4 Å². The van der Waals surface area contributed by atoms with Gasteiger partial charge in [-0.3, -0.25) is 4.79 Å². The van der Waals surface area contributed by atoms with E-state index in [2.05, 4.69) is 20.6 Å². The molecule has 27 heavy (non-hydrogen) atoms. The lowest BCUT2D eigenvalue weighted by atomic mass is 10.1. The number of hydrogen-bond acceptors (Lipinski definition) is 5. The molecule has 138 valence electrons. The van der Waals surface area contributed by atoms with Crippen LogP contribution in [0.3, 0.4) is 0 Å². The van der Waals surface area contributed by atoms with Crippen molar-refractivity contribution in [1.82, 2.24) is 15.3 Å². The summed E-state index contributed by atoms with van der Waals surface area (Å²) in [7, 11) is 1.57. The number of anilines is 2. The van der Waals surface area contributed by atoms with Crippen LogP contribution in [0.1, 0.15) is 21.6 Å². The topological polar surface area (TPSA) is 76.1 Å². The molecule has 0 unspecified atom stereocenters. The van der Waals surface area contributed by atoms with E-state index in [1.165, 1.54) is 11.9 Å². The van der Waals surface area contributed by atoms with E-state index >= 15 is 0 Å². The molecular formula is C20H19ClN4O2. The van der Waals surface area contributed by atoms with Gasteiger partial charge in [-0.2, -0.15) is 0 Å². The van der Waals surface area contributed by atoms with Crippen molar-refractivity contribution in [2.24, 2.45) is 0 Å². The molecule has 3 aromatic rings. The van der Waals surface area contributed by atoms with E-state index in [1.807, 2.05) is 31.2 Å². The first-order valence-electron chi connectivity index (χ1n) is 8.31. The number of carbonyl (C=O) groups excluding carboxylic acids is 1. The molecule has 6 nitrogen and oxygen atoms in total. The number of methoxy groups -OCH3 is 1. The summed E-state index contributed by atoms with van der Waals surface area (Å²) >= 11 is 6.04. The van der Waals surface area contributed by atoms with Gasteiger partial charge in [0, 0.05) is 17.6 Å². The molecule has 1 heterocycles. The van der Waals surface area contributed by atoms with Crippen LogP contribution in [0.2, 0.25) is 5.02 Å². The predicted octanol–water partition coefficient (Wildman–Crippen LogP) is 4.12. The summed E-state index contributed by atoms with van der Waals surface area (Å²) in [5.74, 6) is 0.800. The minimum absolute atomic E-state index is 0.264. The highest BCUT2D eigenvalue weighted by molar-refractivity contribution is 6.31. The van der Waals surface area contributed by atoms with Crippen molar-refractivity contribution in [3.8, 4) is 5.75 Å². The summed E-state index contributed by atoms with van der Waals surface area (Å²) in [5.41, 5.74) is 3.10. The Morgan fingerprint density at radius 3 is 2.63 bits per heavy atom. The summed E-state index contributed by atoms with van der Waals surface area (Å²) in [6, 6.07) is 14.8. The van der Waals surface area contributed by atoms with Gasteiger partial charge in [0.1, 0.15) is 23.6 Å². The highest BCUT2D eigenvalue weighted by Crippen LogP contribution is 2.29. The van der Waals surface area contributed by atoms with E-state index in [9.17, 15) is 4.79 Å². The zero-order valence-corrected chi connectivity index (χ0v) is 15.7. The fourth-order valence-corrected chi connectivity index (χ4v) is 2.62. The maximum absolute atomic E-state index is 12.4. The van der Waals surface area contributed by atoms with Crippen molar-refractivity contribution < 1.29 is 9.53 Å². The molecule has 0 bridgehead atoms. The molecule has 0 aliphatic heterocycles. The fourth-order valence-electron chi connectivity index (χ4n) is 2.44. The Morgan fingerprint density at radius 2 is 1.89 bits per heavy atom. The van der Waals surface area contributed by atoms with Gasteiger partial charge >= 0.3 is 0 Å². The van der Waals surface area contributed by atoms with Gasteiger partial charge in [0.15, 0.2) is 0 Å². The van der Waals surface area contributed by atoms with Crippen LogP contribution < -0.4 is 15.4 Å². The number of nitrogens with one attached hydrogen (secondary N) is 2. The van der Waals surface area contributed by atoms with E-state index in [-0.39, 0.29) is 11.6 Å². The van der Waals surface area contributed by atoms with E-state index in [4.69, 9.17) is 16.3 Å². The number of carbonyl (C=O) groups is 1. The van der Waals surface area contributed by atoms with Gasteiger partial charge in [0.05, 0.1) is 12.8 Å². The molecular weight excluding hydrogens is 364 g/mol. The molecule has 2 N–H and O–H groups in total. The van der Waals surface area contributed by atoms with Gasteiger partial charge in [0.2, 0.25) is 0 Å². The SMILES string of the molecule is COc1ccc(Cl)cc1Nc1cc(C(=O)NCc2ccc(C)cc2)ncn1. The zero-order valence-electron chi connectivity index (χ0n) is 15.0. The van der Waals surface area contributed by atoms with E-state index in [1.54, 1.807) is 31.4 Å². The molecule has 3 rings (SSSR count). The molecule has 0 fully saturated rings.